The van der Waals surface area contributed by atoms with Crippen molar-refractivity contribution in [2.75, 3.05) is 19.6 Å². The molecule has 1 aromatic rings. The number of imide groups is 1. The molecule has 2 fully saturated rings. The van der Waals surface area contributed by atoms with Crippen molar-refractivity contribution in [2.24, 2.45) is 0 Å². The summed E-state index contributed by atoms with van der Waals surface area (Å²) in [6.45, 7) is 1.57. The lowest BCUT2D eigenvalue weighted by molar-refractivity contribution is -0.132. The maximum absolute atomic E-state index is 12.6. The number of benzene rings is 1. The molecule has 1 unspecified atom stereocenters. The summed E-state index contributed by atoms with van der Waals surface area (Å²) in [7, 11) is 0. The molecule has 3 rings (SSSR count). The fraction of sp³-hybridized carbons (Fsp3) is 0.526. The molecule has 0 aromatic heterocycles. The van der Waals surface area contributed by atoms with Crippen molar-refractivity contribution < 1.29 is 14.4 Å². The van der Waals surface area contributed by atoms with E-state index in [2.05, 4.69) is 17.4 Å². The lowest BCUT2D eigenvalue weighted by atomic mass is 10.0. The molecule has 2 saturated heterocycles. The highest BCUT2D eigenvalue weighted by Crippen LogP contribution is 2.32. The van der Waals surface area contributed by atoms with E-state index in [1.807, 2.05) is 23.1 Å². The van der Waals surface area contributed by atoms with E-state index in [0.29, 0.717) is 13.0 Å². The van der Waals surface area contributed by atoms with Crippen LogP contribution in [0.5, 0.6) is 0 Å². The third kappa shape index (κ3) is 4.38. The Hall–Kier alpha value is -2.37. The van der Waals surface area contributed by atoms with Crippen LogP contribution in [0.3, 0.4) is 0 Å². The third-order valence-electron chi connectivity index (χ3n) is 4.94. The van der Waals surface area contributed by atoms with E-state index in [4.69, 9.17) is 0 Å². The third-order valence-corrected chi connectivity index (χ3v) is 4.94. The molecule has 1 N–H and O–H groups in total. The second kappa shape index (κ2) is 8.14. The molecule has 0 aliphatic carbocycles. The summed E-state index contributed by atoms with van der Waals surface area (Å²) >= 11 is 0. The quantitative estimate of drug-likeness (QED) is 0.611. The normalized spacial score (nSPS) is 20.2. The summed E-state index contributed by atoms with van der Waals surface area (Å²) in [6.07, 6.45) is 5.16. The summed E-state index contributed by atoms with van der Waals surface area (Å²) in [5.74, 6) is -0.0124. The van der Waals surface area contributed by atoms with Gasteiger partial charge in [0.2, 0.25) is 11.8 Å². The lowest BCUT2D eigenvalue weighted by Crippen LogP contribution is -2.30. The molecule has 1 atom stereocenters. The Morgan fingerprint density at radius 3 is 2.64 bits per heavy atom. The largest absolute Gasteiger partial charge is 0.336 e. The Morgan fingerprint density at radius 1 is 1.12 bits per heavy atom. The van der Waals surface area contributed by atoms with E-state index in [-0.39, 0.29) is 30.4 Å². The van der Waals surface area contributed by atoms with Crippen molar-refractivity contribution in [3.63, 3.8) is 0 Å². The SMILES string of the molecule is O=C1CN(CCCCCC(=O)N2CCCC2c2ccccc2)C(=O)N1. The molecule has 0 saturated carbocycles. The zero-order valence-corrected chi connectivity index (χ0v) is 14.4. The van der Waals surface area contributed by atoms with Crippen molar-refractivity contribution in [3.05, 3.63) is 35.9 Å². The molecule has 0 bridgehead atoms. The van der Waals surface area contributed by atoms with Gasteiger partial charge in [0, 0.05) is 19.5 Å². The number of hydrogen-bond donors (Lipinski definition) is 1. The number of nitrogens with one attached hydrogen (secondary N) is 1. The summed E-state index contributed by atoms with van der Waals surface area (Å²) in [5.41, 5.74) is 1.22. The number of carbonyl (C=O) groups excluding carboxylic acids is 3. The molecule has 0 spiro atoms. The first kappa shape index (κ1) is 17.5. The molecule has 6 heteroatoms. The minimum atomic E-state index is -0.302. The van der Waals surface area contributed by atoms with Crippen LogP contribution >= 0.6 is 0 Å². The second-order valence-electron chi connectivity index (χ2n) is 6.74. The van der Waals surface area contributed by atoms with Crippen LogP contribution in [0.25, 0.3) is 0 Å². The van der Waals surface area contributed by atoms with Crippen LogP contribution in [0, 0.1) is 0 Å². The zero-order chi connectivity index (χ0) is 17.6. The highest BCUT2D eigenvalue weighted by Gasteiger charge is 2.29. The molecule has 0 radical (unpaired) electrons. The van der Waals surface area contributed by atoms with Crippen molar-refractivity contribution in [1.29, 1.82) is 0 Å². The van der Waals surface area contributed by atoms with Gasteiger partial charge >= 0.3 is 6.03 Å². The van der Waals surface area contributed by atoms with E-state index in [1.54, 1.807) is 0 Å². The standard InChI is InChI=1S/C19H25N3O3/c23-17-14-21(19(25)20-17)12-6-2-5-11-18(24)22-13-7-10-16(22)15-8-3-1-4-9-15/h1,3-4,8-9,16H,2,5-7,10-14H2,(H,20,23,25). The lowest BCUT2D eigenvalue weighted by Gasteiger charge is -2.25. The fourth-order valence-electron chi connectivity index (χ4n) is 3.65. The zero-order valence-electron chi connectivity index (χ0n) is 14.4. The smallest absolute Gasteiger partial charge is 0.324 e. The van der Waals surface area contributed by atoms with Crippen molar-refractivity contribution in [1.82, 2.24) is 15.1 Å². The summed E-state index contributed by atoms with van der Waals surface area (Å²) in [4.78, 5) is 38.6. The van der Waals surface area contributed by atoms with Crippen LogP contribution in [0.4, 0.5) is 4.79 Å². The molecule has 134 valence electrons. The van der Waals surface area contributed by atoms with E-state index < -0.39 is 0 Å². The van der Waals surface area contributed by atoms with Gasteiger partial charge in [-0.3, -0.25) is 14.9 Å². The van der Waals surface area contributed by atoms with Gasteiger partial charge < -0.3 is 9.80 Å². The Morgan fingerprint density at radius 2 is 1.92 bits per heavy atom. The molecule has 25 heavy (non-hydrogen) atoms. The topological polar surface area (TPSA) is 69.7 Å². The van der Waals surface area contributed by atoms with E-state index in [0.717, 1.165) is 38.6 Å². The molecule has 4 amide bonds. The van der Waals surface area contributed by atoms with Crippen molar-refractivity contribution in [3.8, 4) is 0 Å². The first-order chi connectivity index (χ1) is 12.1. The predicted molar refractivity (Wildman–Crippen MR) is 93.7 cm³/mol. The Bertz CT molecular complexity index is 632. The maximum atomic E-state index is 12.6. The number of urea groups is 1. The van der Waals surface area contributed by atoms with Gasteiger partial charge in [0.1, 0.15) is 6.54 Å². The monoisotopic (exact) mass is 343 g/mol. The van der Waals surface area contributed by atoms with Crippen LogP contribution in [0.1, 0.15) is 50.1 Å². The molecule has 6 nitrogen and oxygen atoms in total. The number of nitrogens with zero attached hydrogens (tertiary/aromatic N) is 2. The number of likely N-dealkylation sites (tertiary alicyclic amines) is 1. The summed E-state index contributed by atoms with van der Waals surface area (Å²) in [6, 6.07) is 10.2. The van der Waals surface area contributed by atoms with Gasteiger partial charge in [0.15, 0.2) is 0 Å². The number of hydrogen-bond acceptors (Lipinski definition) is 3. The Balaban J connectivity index is 1.39. The van der Waals surface area contributed by atoms with Gasteiger partial charge in [-0.25, -0.2) is 4.79 Å². The van der Waals surface area contributed by atoms with E-state index in [1.165, 1.54) is 10.5 Å². The second-order valence-corrected chi connectivity index (χ2v) is 6.74. The van der Waals surface area contributed by atoms with Gasteiger partial charge in [0.25, 0.3) is 0 Å². The number of unbranched alkanes of at least 4 members (excludes halogenated alkanes) is 2. The van der Waals surface area contributed by atoms with Gasteiger partial charge in [0.05, 0.1) is 6.04 Å². The minimum Gasteiger partial charge on any atom is -0.336 e. The van der Waals surface area contributed by atoms with Gasteiger partial charge in [-0.2, -0.15) is 0 Å². The van der Waals surface area contributed by atoms with Crippen LogP contribution in [-0.2, 0) is 9.59 Å². The number of carbonyl (C=O) groups is 3. The average molecular weight is 343 g/mol. The fourth-order valence-corrected chi connectivity index (χ4v) is 3.65. The van der Waals surface area contributed by atoms with Crippen molar-refractivity contribution in [2.45, 2.75) is 44.6 Å². The Kier molecular flexibility index (Phi) is 5.68. The summed E-state index contributed by atoms with van der Waals surface area (Å²) < 4.78 is 0. The minimum absolute atomic E-state index is 0.157. The van der Waals surface area contributed by atoms with E-state index in [9.17, 15) is 14.4 Å². The number of amides is 4. The molecule has 1 aromatic carbocycles. The van der Waals surface area contributed by atoms with Gasteiger partial charge in [-0.15, -0.1) is 0 Å². The molecular formula is C19H25N3O3. The average Bonchev–Trinajstić information content (AvgIpc) is 3.22. The van der Waals surface area contributed by atoms with Crippen LogP contribution in [0.2, 0.25) is 0 Å². The van der Waals surface area contributed by atoms with E-state index >= 15 is 0 Å². The number of rotatable bonds is 7. The van der Waals surface area contributed by atoms with Crippen LogP contribution in [0.15, 0.2) is 30.3 Å². The molecule has 2 aliphatic rings. The van der Waals surface area contributed by atoms with Crippen LogP contribution in [-0.4, -0.2) is 47.3 Å². The maximum Gasteiger partial charge on any atom is 0.324 e. The molecule has 2 aliphatic heterocycles. The summed E-state index contributed by atoms with van der Waals surface area (Å²) in [5, 5.41) is 2.27. The van der Waals surface area contributed by atoms with Gasteiger partial charge in [-0.05, 0) is 31.2 Å². The predicted octanol–water partition coefficient (Wildman–Crippen LogP) is 2.46. The van der Waals surface area contributed by atoms with Gasteiger partial charge in [-0.1, -0.05) is 36.8 Å². The first-order valence-corrected chi connectivity index (χ1v) is 9.08. The highest BCUT2D eigenvalue weighted by atomic mass is 16.2. The molecular weight excluding hydrogens is 318 g/mol. The first-order valence-electron chi connectivity index (χ1n) is 9.08. The molecule has 2 heterocycles. The Labute approximate surface area is 148 Å². The van der Waals surface area contributed by atoms with Crippen molar-refractivity contribution >= 4 is 17.8 Å². The van der Waals surface area contributed by atoms with Crippen LogP contribution < -0.4 is 5.32 Å². The highest BCUT2D eigenvalue weighted by molar-refractivity contribution is 6.01.